The minimum atomic E-state index is -3.40. The zero-order valence-corrected chi connectivity index (χ0v) is 7.37. The zero-order chi connectivity index (χ0) is 9.19. The molecule has 0 amide bonds. The van der Waals surface area contributed by atoms with E-state index in [-0.39, 0.29) is 0 Å². The lowest BCUT2D eigenvalue weighted by Gasteiger charge is -2.05. The Kier molecular flexibility index (Phi) is 2.69. The van der Waals surface area contributed by atoms with E-state index in [1.54, 1.807) is 0 Å². The van der Waals surface area contributed by atoms with Gasteiger partial charge < -0.3 is 0 Å². The average molecular weight is 208 g/mol. The highest BCUT2D eigenvalue weighted by molar-refractivity contribution is 7.79. The Hall–Kier alpha value is -0.610. The molecule has 0 atom stereocenters. The Balaban J connectivity index is 3.00. The molecule has 0 spiro atoms. The first-order valence-electron chi connectivity index (χ1n) is 3.02. The van der Waals surface area contributed by atoms with Crippen molar-refractivity contribution in [2.45, 2.75) is 5.38 Å². The van der Waals surface area contributed by atoms with Gasteiger partial charge in [0.25, 0.3) is 0 Å². The lowest BCUT2D eigenvalue weighted by molar-refractivity contribution is 0.0900. The van der Waals surface area contributed by atoms with Gasteiger partial charge in [0.2, 0.25) is 0 Å². The van der Waals surface area contributed by atoms with Crippen molar-refractivity contribution in [2.24, 2.45) is 0 Å². The topological polar surface area (TPSA) is 12.9 Å². The van der Waals surface area contributed by atoms with Crippen LogP contribution in [0.3, 0.4) is 0 Å². The summed E-state index contributed by atoms with van der Waals surface area (Å²) < 4.78 is 24.7. The molecular weight excluding hydrogens is 204 g/mol. The molecule has 0 unspecified atom stereocenters. The minimum absolute atomic E-state index is 0.468. The lowest BCUT2D eigenvalue weighted by atomic mass is 10.3. The van der Waals surface area contributed by atoms with Crippen LogP contribution < -0.4 is 0 Å². The second kappa shape index (κ2) is 3.41. The van der Waals surface area contributed by atoms with E-state index in [2.05, 4.69) is 17.2 Å². The van der Waals surface area contributed by atoms with E-state index < -0.39 is 11.1 Å². The molecule has 0 radical (unpaired) electrons. The van der Waals surface area contributed by atoms with Crippen molar-refractivity contribution in [1.82, 2.24) is 4.98 Å². The summed E-state index contributed by atoms with van der Waals surface area (Å²) in [5.41, 5.74) is 0.138. The van der Waals surface area contributed by atoms with Crippen LogP contribution in [-0.2, 0) is 5.38 Å². The first-order valence-corrected chi connectivity index (χ1v) is 3.87. The summed E-state index contributed by atoms with van der Waals surface area (Å²) in [5, 5.41) is -2.05. The fourth-order valence-electron chi connectivity index (χ4n) is 0.643. The van der Waals surface area contributed by atoms with E-state index in [4.69, 9.17) is 11.6 Å². The first-order chi connectivity index (χ1) is 5.54. The molecule has 1 rings (SSSR count). The number of pyridine rings is 1. The number of thiocarbonyl (C=S) groups is 1. The van der Waals surface area contributed by atoms with E-state index >= 15 is 0 Å². The summed E-state index contributed by atoms with van der Waals surface area (Å²) in [6.07, 6.45) is 1.25. The van der Waals surface area contributed by atoms with Crippen molar-refractivity contribution in [2.75, 3.05) is 0 Å². The summed E-state index contributed by atoms with van der Waals surface area (Å²) >= 11 is 9.29. The molecular formula is C7H4ClF2NS. The van der Waals surface area contributed by atoms with Gasteiger partial charge in [0.05, 0.1) is 0 Å². The summed E-state index contributed by atoms with van der Waals surface area (Å²) in [7, 11) is 0. The quantitative estimate of drug-likeness (QED) is 0.546. The molecule has 64 valence electrons. The van der Waals surface area contributed by atoms with Gasteiger partial charge in [0.1, 0.15) is 5.69 Å². The third-order valence-electron chi connectivity index (χ3n) is 1.21. The van der Waals surface area contributed by atoms with Gasteiger partial charge in [0, 0.05) is 17.1 Å². The van der Waals surface area contributed by atoms with Crippen molar-refractivity contribution >= 4 is 29.2 Å². The predicted octanol–water partition coefficient (Wildman–Crippen LogP) is 2.72. The van der Waals surface area contributed by atoms with E-state index in [1.807, 2.05) is 0 Å². The zero-order valence-electron chi connectivity index (χ0n) is 5.80. The van der Waals surface area contributed by atoms with E-state index in [9.17, 15) is 8.78 Å². The number of nitrogens with zero attached hydrogens (tertiary/aromatic N) is 1. The third kappa shape index (κ3) is 2.19. The molecule has 1 aromatic heterocycles. The second-order valence-electron chi connectivity index (χ2n) is 2.09. The van der Waals surface area contributed by atoms with Crippen LogP contribution in [-0.4, -0.2) is 10.4 Å². The molecule has 0 aliphatic heterocycles. The summed E-state index contributed by atoms with van der Waals surface area (Å²) in [4.78, 5) is 3.44. The normalized spacial score (nSPS) is 11.2. The highest BCUT2D eigenvalue weighted by Crippen LogP contribution is 2.30. The molecule has 0 aliphatic rings. The molecule has 12 heavy (non-hydrogen) atoms. The van der Waals surface area contributed by atoms with Gasteiger partial charge >= 0.3 is 5.38 Å². The van der Waals surface area contributed by atoms with Crippen molar-refractivity contribution in [3.8, 4) is 0 Å². The number of aromatic nitrogens is 1. The van der Waals surface area contributed by atoms with Crippen LogP contribution in [0.4, 0.5) is 8.78 Å². The fourth-order valence-corrected chi connectivity index (χ4v) is 0.894. The SMILES string of the molecule is FC(F)(Cl)c1ccc(C=S)cn1. The van der Waals surface area contributed by atoms with Crippen molar-refractivity contribution in [1.29, 1.82) is 0 Å². The lowest BCUT2D eigenvalue weighted by Crippen LogP contribution is -2.05. The summed E-state index contributed by atoms with van der Waals surface area (Å²) in [5.74, 6) is 0. The first kappa shape index (κ1) is 9.48. The Labute approximate surface area is 78.4 Å². The highest BCUT2D eigenvalue weighted by Gasteiger charge is 2.29. The van der Waals surface area contributed by atoms with Gasteiger partial charge in [0.15, 0.2) is 0 Å². The molecule has 0 saturated carbocycles. The van der Waals surface area contributed by atoms with E-state index in [1.165, 1.54) is 17.6 Å². The van der Waals surface area contributed by atoms with Gasteiger partial charge in [-0.05, 0) is 17.7 Å². The van der Waals surface area contributed by atoms with Crippen LogP contribution in [0.1, 0.15) is 11.3 Å². The number of halogens is 3. The Morgan fingerprint density at radius 1 is 1.50 bits per heavy atom. The molecule has 0 saturated heterocycles. The van der Waals surface area contributed by atoms with Crippen molar-refractivity contribution < 1.29 is 8.78 Å². The van der Waals surface area contributed by atoms with Crippen molar-refractivity contribution in [3.63, 3.8) is 0 Å². The van der Waals surface area contributed by atoms with Crippen LogP contribution in [0.25, 0.3) is 0 Å². The van der Waals surface area contributed by atoms with Crippen molar-refractivity contribution in [3.05, 3.63) is 29.6 Å². The second-order valence-corrected chi connectivity index (χ2v) is 2.80. The van der Waals surface area contributed by atoms with E-state index in [0.717, 1.165) is 6.07 Å². The maximum absolute atomic E-state index is 12.4. The summed E-state index contributed by atoms with van der Waals surface area (Å²) in [6.45, 7) is 0. The molecule has 1 aromatic rings. The van der Waals surface area contributed by atoms with Gasteiger partial charge in [-0.15, -0.1) is 0 Å². The molecule has 0 fully saturated rings. The fraction of sp³-hybridized carbons (Fsp3) is 0.143. The summed E-state index contributed by atoms with van der Waals surface area (Å²) in [6, 6.07) is 2.58. The monoisotopic (exact) mass is 207 g/mol. The van der Waals surface area contributed by atoms with E-state index in [0.29, 0.717) is 5.56 Å². The molecule has 0 bridgehead atoms. The predicted molar refractivity (Wildman–Crippen MR) is 46.7 cm³/mol. The third-order valence-corrected chi connectivity index (χ3v) is 1.68. The van der Waals surface area contributed by atoms with Gasteiger partial charge in [-0.3, -0.25) is 4.98 Å². The number of rotatable bonds is 2. The van der Waals surface area contributed by atoms with Gasteiger partial charge in [-0.1, -0.05) is 18.3 Å². The van der Waals surface area contributed by atoms with Crippen LogP contribution >= 0.6 is 23.8 Å². The number of alkyl halides is 3. The Bertz CT molecular complexity index is 280. The maximum atomic E-state index is 12.4. The molecule has 1 nitrogen and oxygen atoms in total. The average Bonchev–Trinajstić information content (AvgIpc) is 2.03. The highest BCUT2D eigenvalue weighted by atomic mass is 35.5. The minimum Gasteiger partial charge on any atom is -0.253 e. The largest absolute Gasteiger partial charge is 0.364 e. The van der Waals surface area contributed by atoms with Gasteiger partial charge in [-0.25, -0.2) is 0 Å². The molecule has 0 aromatic carbocycles. The van der Waals surface area contributed by atoms with Crippen LogP contribution in [0.5, 0.6) is 0 Å². The maximum Gasteiger partial charge on any atom is 0.364 e. The smallest absolute Gasteiger partial charge is 0.253 e. The molecule has 5 heteroatoms. The Morgan fingerprint density at radius 3 is 2.50 bits per heavy atom. The number of hydrogen-bond acceptors (Lipinski definition) is 2. The number of hydrogen-bond donors (Lipinski definition) is 0. The molecule has 0 N–H and O–H groups in total. The van der Waals surface area contributed by atoms with Crippen LogP contribution in [0, 0.1) is 0 Å². The molecule has 1 heterocycles. The Morgan fingerprint density at radius 2 is 2.17 bits per heavy atom. The molecule has 0 aliphatic carbocycles. The van der Waals surface area contributed by atoms with Crippen LogP contribution in [0.2, 0.25) is 0 Å². The van der Waals surface area contributed by atoms with Gasteiger partial charge in [-0.2, -0.15) is 8.78 Å². The standard InChI is InChI=1S/C7H4ClF2NS/c8-7(9,10)6-2-1-5(4-12)3-11-6/h1-4H. The van der Waals surface area contributed by atoms with Crippen LogP contribution in [0.15, 0.2) is 18.3 Å².